The fourth-order valence-electron chi connectivity index (χ4n) is 17.8. The van der Waals surface area contributed by atoms with Gasteiger partial charge in [-0.1, -0.05) is 13.8 Å². The van der Waals surface area contributed by atoms with Crippen LogP contribution >= 0.6 is 0 Å². The molecule has 320 valence electrons. The summed E-state index contributed by atoms with van der Waals surface area (Å²) in [7, 11) is 1.25. The molecule has 0 amide bonds. The molecular formula is C45H56O14. The molecule has 8 bridgehead atoms. The Morgan fingerprint density at radius 3 is 1.61 bits per heavy atom. The predicted molar refractivity (Wildman–Crippen MR) is 198 cm³/mol. The van der Waals surface area contributed by atoms with Gasteiger partial charge in [-0.25, -0.2) is 0 Å². The third-order valence-corrected chi connectivity index (χ3v) is 18.9. The fourth-order valence-corrected chi connectivity index (χ4v) is 17.8. The Hall–Kier alpha value is -3.84. The van der Waals surface area contributed by atoms with Crippen LogP contribution in [-0.2, 0) is 57.3 Å². The number of carbonyl (C=O) groups is 8. The first-order valence-corrected chi connectivity index (χ1v) is 22.1. The number of hydrogen-bond acceptors (Lipinski definition) is 12. The standard InChI is InChI=1S/C45H56O14/c1-13-17-7-15(9-20(17)37(46)47)25(13)29-24-12-23(31(38(48)49)33(24)40(51)56-6)30(29)36-35(43(54)58-44(36)55)28-19-8-16(10-21(19)39(50)59-45(3,4)5)27(28)26-14(2)18-11-22(26)34-32(18)41(52)57-42(34)53/h13-36H,7-12H2,1-6H3,(H,46,47)(H,48,49). The summed E-state index contributed by atoms with van der Waals surface area (Å²) in [6.45, 7) is 9.58. The first-order valence-electron chi connectivity index (χ1n) is 22.1. The van der Waals surface area contributed by atoms with E-state index in [1.807, 2.05) is 27.7 Å². The van der Waals surface area contributed by atoms with Crippen molar-refractivity contribution in [3.63, 3.8) is 0 Å². The minimum Gasteiger partial charge on any atom is -0.481 e. The number of hydrogen-bond donors (Lipinski definition) is 2. The summed E-state index contributed by atoms with van der Waals surface area (Å²) >= 11 is 0. The van der Waals surface area contributed by atoms with Gasteiger partial charge in [-0.3, -0.25) is 38.4 Å². The summed E-state index contributed by atoms with van der Waals surface area (Å²) in [5.41, 5.74) is -0.766. The Labute approximate surface area is 342 Å². The second-order valence-electron chi connectivity index (χ2n) is 21.7. The van der Waals surface area contributed by atoms with Crippen LogP contribution in [-0.4, -0.2) is 70.7 Å². The monoisotopic (exact) mass is 820 g/mol. The normalized spacial score (nSPS) is 52.3. The number of carboxylic acid groups (broad SMARTS) is 2. The zero-order chi connectivity index (χ0) is 42.0. The number of methoxy groups -OCH3 is 1. The van der Waals surface area contributed by atoms with Crippen LogP contribution in [0.2, 0.25) is 0 Å². The van der Waals surface area contributed by atoms with Gasteiger partial charge < -0.3 is 29.2 Å². The Morgan fingerprint density at radius 2 is 1.03 bits per heavy atom. The van der Waals surface area contributed by atoms with Crippen LogP contribution in [0.1, 0.15) is 73.1 Å². The van der Waals surface area contributed by atoms with Gasteiger partial charge in [0.15, 0.2) is 0 Å². The topological polar surface area (TPSA) is 214 Å². The minimum atomic E-state index is -1.16. The minimum absolute atomic E-state index is 0.00242. The highest BCUT2D eigenvalue weighted by molar-refractivity contribution is 5.98. The average molecular weight is 821 g/mol. The summed E-state index contributed by atoms with van der Waals surface area (Å²) in [4.78, 5) is 109. The number of cyclic esters (lactones) is 4. The van der Waals surface area contributed by atoms with Crippen LogP contribution in [0.15, 0.2) is 0 Å². The van der Waals surface area contributed by atoms with Gasteiger partial charge in [0.05, 0.1) is 54.5 Å². The van der Waals surface area contributed by atoms with Gasteiger partial charge in [0.2, 0.25) is 0 Å². The lowest BCUT2D eigenvalue weighted by Gasteiger charge is -2.50. The van der Waals surface area contributed by atoms with E-state index < -0.39 is 118 Å². The van der Waals surface area contributed by atoms with Crippen LogP contribution in [0, 0.1) is 142 Å². The molecule has 0 spiro atoms. The molecule has 14 heteroatoms. The van der Waals surface area contributed by atoms with E-state index in [0.717, 1.165) is 0 Å². The van der Waals surface area contributed by atoms with Crippen molar-refractivity contribution in [2.24, 2.45) is 142 Å². The van der Waals surface area contributed by atoms with Crippen molar-refractivity contribution in [3.8, 4) is 0 Å². The lowest BCUT2D eigenvalue weighted by molar-refractivity contribution is -0.167. The van der Waals surface area contributed by atoms with Gasteiger partial charge in [-0.2, -0.15) is 0 Å². The van der Waals surface area contributed by atoms with Crippen LogP contribution in [0.4, 0.5) is 0 Å². The van der Waals surface area contributed by atoms with E-state index >= 15 is 0 Å². The third-order valence-electron chi connectivity index (χ3n) is 18.9. The van der Waals surface area contributed by atoms with Crippen LogP contribution < -0.4 is 0 Å². The van der Waals surface area contributed by atoms with E-state index in [9.17, 15) is 48.6 Å². The molecule has 10 rings (SSSR count). The van der Waals surface area contributed by atoms with Crippen molar-refractivity contribution >= 4 is 47.8 Å². The lowest BCUT2D eigenvalue weighted by Crippen LogP contribution is -2.53. The largest absolute Gasteiger partial charge is 0.481 e. The maximum Gasteiger partial charge on any atom is 0.317 e. The molecule has 2 saturated heterocycles. The molecule has 8 aliphatic carbocycles. The van der Waals surface area contributed by atoms with Gasteiger partial charge in [-0.15, -0.1) is 0 Å². The first kappa shape index (κ1) is 39.3. The molecule has 10 aliphatic rings. The molecule has 0 aromatic rings. The Balaban J connectivity index is 1.08. The maximum atomic E-state index is 14.6. The highest BCUT2D eigenvalue weighted by atomic mass is 16.6. The lowest BCUT2D eigenvalue weighted by atomic mass is 9.52. The van der Waals surface area contributed by atoms with E-state index in [4.69, 9.17) is 18.9 Å². The molecule has 0 aromatic carbocycles. The molecule has 24 atom stereocenters. The van der Waals surface area contributed by atoms with Gasteiger partial charge in [0.1, 0.15) is 5.60 Å². The van der Waals surface area contributed by atoms with Crippen molar-refractivity contribution in [3.05, 3.63) is 0 Å². The molecule has 0 radical (unpaired) electrons. The van der Waals surface area contributed by atoms with Crippen LogP contribution in [0.3, 0.4) is 0 Å². The van der Waals surface area contributed by atoms with Crippen molar-refractivity contribution in [1.29, 1.82) is 0 Å². The van der Waals surface area contributed by atoms with E-state index in [2.05, 4.69) is 6.92 Å². The SMILES string of the molecule is COC(=O)C1C2CC(C1C(=O)O)C(C1C(=O)OC(=O)C1C1C3CC(CC3C(=O)OC(C)(C)C)C1C1C(C)C3CC1C1C(=O)OC(=O)C31)C2C1C2CC(C(=O)O)C(C2)C1C. The van der Waals surface area contributed by atoms with Crippen molar-refractivity contribution in [2.75, 3.05) is 7.11 Å². The van der Waals surface area contributed by atoms with Gasteiger partial charge in [0.25, 0.3) is 0 Å². The molecular weight excluding hydrogens is 764 g/mol. The third kappa shape index (κ3) is 5.27. The summed E-state index contributed by atoms with van der Waals surface area (Å²) in [6, 6.07) is 0. The summed E-state index contributed by atoms with van der Waals surface area (Å²) in [6.07, 6.45) is 3.32. The molecule has 24 unspecified atom stereocenters. The zero-order valence-electron chi connectivity index (χ0n) is 34.4. The Morgan fingerprint density at radius 1 is 0.525 bits per heavy atom. The number of ether oxygens (including phenoxy) is 4. The average Bonchev–Trinajstić information content (AvgIpc) is 4.01. The summed E-state index contributed by atoms with van der Waals surface area (Å²) in [5, 5.41) is 20.9. The second-order valence-corrected chi connectivity index (χ2v) is 21.7. The predicted octanol–water partition coefficient (Wildman–Crippen LogP) is 4.12. The fraction of sp³-hybridized carbons (Fsp3) is 0.822. The van der Waals surface area contributed by atoms with E-state index in [1.54, 1.807) is 0 Å². The van der Waals surface area contributed by atoms with E-state index in [1.165, 1.54) is 7.11 Å². The molecule has 8 saturated carbocycles. The molecule has 2 heterocycles. The number of carboxylic acids is 2. The number of carbonyl (C=O) groups excluding carboxylic acids is 6. The van der Waals surface area contributed by atoms with Crippen LogP contribution in [0.5, 0.6) is 0 Å². The van der Waals surface area contributed by atoms with Crippen molar-refractivity contribution < 1.29 is 67.5 Å². The summed E-state index contributed by atoms with van der Waals surface area (Å²) < 4.78 is 22.1. The maximum absolute atomic E-state index is 14.6. The molecule has 59 heavy (non-hydrogen) atoms. The number of aliphatic carboxylic acids is 2. The zero-order valence-corrected chi connectivity index (χ0v) is 34.4. The Kier molecular flexibility index (Phi) is 8.72. The number of fused-ring (bicyclic) bond motifs is 11. The quantitative estimate of drug-likeness (QED) is 0.200. The van der Waals surface area contributed by atoms with E-state index in [-0.39, 0.29) is 77.0 Å². The van der Waals surface area contributed by atoms with Crippen molar-refractivity contribution in [2.45, 2.75) is 78.7 Å². The molecule has 2 aliphatic heterocycles. The Bertz CT molecular complexity index is 1930. The number of rotatable bonds is 8. The van der Waals surface area contributed by atoms with Crippen LogP contribution in [0.25, 0.3) is 0 Å². The number of esters is 6. The smallest absolute Gasteiger partial charge is 0.317 e. The second kappa shape index (κ2) is 13.1. The van der Waals surface area contributed by atoms with Gasteiger partial charge in [-0.05, 0) is 154 Å². The highest BCUT2D eigenvalue weighted by Crippen LogP contribution is 2.74. The molecule has 0 aromatic heterocycles. The summed E-state index contributed by atoms with van der Waals surface area (Å²) in [5.74, 6) is -15.5. The van der Waals surface area contributed by atoms with E-state index in [0.29, 0.717) is 38.5 Å². The van der Waals surface area contributed by atoms with Crippen molar-refractivity contribution in [1.82, 2.24) is 0 Å². The van der Waals surface area contributed by atoms with Gasteiger partial charge >= 0.3 is 47.8 Å². The molecule has 10 fully saturated rings. The molecule has 2 N–H and O–H groups in total. The first-order chi connectivity index (χ1) is 27.8. The highest BCUT2D eigenvalue weighted by Gasteiger charge is 2.75. The van der Waals surface area contributed by atoms with Gasteiger partial charge in [0, 0.05) is 0 Å². The molecule has 14 nitrogen and oxygen atoms in total.